The summed E-state index contributed by atoms with van der Waals surface area (Å²) in [5.41, 5.74) is 7.15. The van der Waals surface area contributed by atoms with E-state index in [0.717, 1.165) is 38.1 Å². The van der Waals surface area contributed by atoms with Crippen LogP contribution in [0.15, 0.2) is 18.2 Å². The predicted molar refractivity (Wildman–Crippen MR) is 77.8 cm³/mol. The lowest BCUT2D eigenvalue weighted by Crippen LogP contribution is -2.28. The van der Waals surface area contributed by atoms with Gasteiger partial charge in [-0.25, -0.2) is 0 Å². The number of ether oxygens (including phenoxy) is 1. The van der Waals surface area contributed by atoms with Crippen LogP contribution in [0.4, 0.5) is 0 Å². The Morgan fingerprint density at radius 1 is 1.58 bits per heavy atom. The molecule has 0 aliphatic carbocycles. The van der Waals surface area contributed by atoms with Crippen molar-refractivity contribution in [3.05, 3.63) is 34.3 Å². The molecule has 0 aromatic heterocycles. The van der Waals surface area contributed by atoms with Crippen molar-refractivity contribution in [3.63, 3.8) is 0 Å². The monoisotopic (exact) mass is 281 g/mol. The summed E-state index contributed by atoms with van der Waals surface area (Å²) in [4.78, 5) is 2.21. The molecule has 1 heterocycles. The van der Waals surface area contributed by atoms with Crippen LogP contribution in [0.1, 0.15) is 24.0 Å². The van der Waals surface area contributed by atoms with Gasteiger partial charge in [0.05, 0.1) is 6.10 Å². The molecule has 0 spiro atoms. The largest absolute Gasteiger partial charge is 0.384 e. The fraction of sp³-hybridized carbons (Fsp3) is 0.500. The van der Waals surface area contributed by atoms with Gasteiger partial charge >= 0.3 is 0 Å². The molecule has 1 aliphatic rings. The molecule has 0 saturated carbocycles. The fourth-order valence-electron chi connectivity index (χ4n) is 2.33. The Bertz CT molecular complexity index is 458. The maximum atomic E-state index is 7.39. The van der Waals surface area contributed by atoms with Crippen LogP contribution in [0.2, 0.25) is 5.02 Å². The minimum Gasteiger partial charge on any atom is -0.384 e. The standard InChI is InChI=1S/C14H20ClN3O/c1-18(9-12-3-2-6-19-12)8-11-5-4-10(14(16)17)7-13(11)15/h4-5,7,12H,2-3,6,8-9H2,1H3,(H3,16,17). The van der Waals surface area contributed by atoms with Gasteiger partial charge in [-0.05, 0) is 31.5 Å². The summed E-state index contributed by atoms with van der Waals surface area (Å²) in [6, 6.07) is 5.52. The molecule has 19 heavy (non-hydrogen) atoms. The van der Waals surface area contributed by atoms with Gasteiger partial charge in [0.1, 0.15) is 5.84 Å². The van der Waals surface area contributed by atoms with Gasteiger partial charge in [0.2, 0.25) is 0 Å². The second-order valence-corrected chi connectivity index (χ2v) is 5.46. The second-order valence-electron chi connectivity index (χ2n) is 5.05. The van der Waals surface area contributed by atoms with Crippen LogP contribution in [0.5, 0.6) is 0 Å². The van der Waals surface area contributed by atoms with Gasteiger partial charge in [-0.1, -0.05) is 23.7 Å². The van der Waals surface area contributed by atoms with Gasteiger partial charge in [0.25, 0.3) is 0 Å². The molecule has 4 nitrogen and oxygen atoms in total. The Morgan fingerprint density at radius 2 is 2.37 bits per heavy atom. The maximum Gasteiger partial charge on any atom is 0.122 e. The van der Waals surface area contributed by atoms with Crippen LogP contribution < -0.4 is 5.73 Å². The van der Waals surface area contributed by atoms with Crippen LogP contribution in [0.3, 0.4) is 0 Å². The zero-order valence-corrected chi connectivity index (χ0v) is 11.9. The lowest BCUT2D eigenvalue weighted by molar-refractivity contribution is 0.0793. The summed E-state index contributed by atoms with van der Waals surface area (Å²) in [6.45, 7) is 2.58. The first kappa shape index (κ1) is 14.3. The highest BCUT2D eigenvalue weighted by Gasteiger charge is 2.17. The van der Waals surface area contributed by atoms with E-state index >= 15 is 0 Å². The molecular formula is C14H20ClN3O. The van der Waals surface area contributed by atoms with Crippen molar-refractivity contribution in [1.29, 1.82) is 5.41 Å². The first-order valence-corrected chi connectivity index (χ1v) is 6.87. The highest BCUT2D eigenvalue weighted by Crippen LogP contribution is 2.20. The third kappa shape index (κ3) is 3.93. The molecule has 0 radical (unpaired) electrons. The molecule has 1 aromatic rings. The van der Waals surface area contributed by atoms with E-state index in [4.69, 9.17) is 27.5 Å². The molecule has 1 atom stereocenters. The maximum absolute atomic E-state index is 7.39. The van der Waals surface area contributed by atoms with E-state index in [9.17, 15) is 0 Å². The molecule has 0 amide bonds. The first-order valence-electron chi connectivity index (χ1n) is 6.49. The molecule has 5 heteroatoms. The van der Waals surface area contributed by atoms with E-state index in [1.165, 1.54) is 0 Å². The van der Waals surface area contributed by atoms with Crippen LogP contribution in [-0.4, -0.2) is 37.0 Å². The van der Waals surface area contributed by atoms with Gasteiger partial charge in [-0.3, -0.25) is 10.3 Å². The number of rotatable bonds is 5. The van der Waals surface area contributed by atoms with Gasteiger partial charge in [-0.2, -0.15) is 0 Å². The third-order valence-electron chi connectivity index (χ3n) is 3.34. The number of nitrogens with two attached hydrogens (primary N) is 1. The Kier molecular flexibility index (Phi) is 4.80. The van der Waals surface area contributed by atoms with Crippen molar-refractivity contribution in [1.82, 2.24) is 4.90 Å². The normalized spacial score (nSPS) is 19.0. The summed E-state index contributed by atoms with van der Waals surface area (Å²) in [7, 11) is 2.07. The average Bonchev–Trinajstić information content (AvgIpc) is 2.84. The molecule has 1 unspecified atom stereocenters. The molecule has 104 valence electrons. The van der Waals surface area contributed by atoms with E-state index in [1.54, 1.807) is 6.07 Å². The second kappa shape index (κ2) is 6.37. The zero-order chi connectivity index (χ0) is 13.8. The number of nitrogens with one attached hydrogen (secondary N) is 1. The van der Waals surface area contributed by atoms with E-state index in [0.29, 0.717) is 16.7 Å². The zero-order valence-electron chi connectivity index (χ0n) is 11.2. The van der Waals surface area contributed by atoms with Crippen LogP contribution >= 0.6 is 11.6 Å². The van der Waals surface area contributed by atoms with Gasteiger partial charge < -0.3 is 10.5 Å². The number of hydrogen-bond acceptors (Lipinski definition) is 3. The Hall–Kier alpha value is -1.10. The van der Waals surface area contributed by atoms with E-state index < -0.39 is 0 Å². The lowest BCUT2D eigenvalue weighted by atomic mass is 10.1. The Morgan fingerprint density at radius 3 is 2.95 bits per heavy atom. The summed E-state index contributed by atoms with van der Waals surface area (Å²) < 4.78 is 5.62. The number of nitrogens with zero attached hydrogens (tertiary/aromatic N) is 1. The van der Waals surface area contributed by atoms with Crippen molar-refractivity contribution in [2.75, 3.05) is 20.2 Å². The summed E-state index contributed by atoms with van der Waals surface area (Å²) in [5, 5.41) is 8.04. The summed E-state index contributed by atoms with van der Waals surface area (Å²) in [5.74, 6) is 0.0427. The number of benzene rings is 1. The number of likely N-dealkylation sites (N-methyl/N-ethyl adjacent to an activating group) is 1. The molecule has 2 rings (SSSR count). The highest BCUT2D eigenvalue weighted by atomic mass is 35.5. The SMILES string of the molecule is CN(Cc1ccc(C(=N)N)cc1Cl)CC1CCCO1. The minimum absolute atomic E-state index is 0.0427. The minimum atomic E-state index is 0.0427. The number of nitrogen functional groups attached to an aromatic ring is 1. The van der Waals surface area contributed by atoms with Crippen molar-refractivity contribution in [3.8, 4) is 0 Å². The van der Waals surface area contributed by atoms with E-state index in [1.807, 2.05) is 12.1 Å². The van der Waals surface area contributed by atoms with Crippen molar-refractivity contribution < 1.29 is 4.74 Å². The molecule has 3 N–H and O–H groups in total. The smallest absolute Gasteiger partial charge is 0.122 e. The summed E-state index contributed by atoms with van der Waals surface area (Å²) in [6.07, 6.45) is 2.65. The van der Waals surface area contributed by atoms with E-state index in [2.05, 4.69) is 11.9 Å². The average molecular weight is 282 g/mol. The van der Waals surface area contributed by atoms with Crippen molar-refractivity contribution in [2.24, 2.45) is 5.73 Å². The Balaban J connectivity index is 1.96. The molecule has 1 fully saturated rings. The van der Waals surface area contributed by atoms with E-state index in [-0.39, 0.29) is 5.84 Å². The number of halogens is 1. The number of hydrogen-bond donors (Lipinski definition) is 2. The van der Waals surface area contributed by atoms with Crippen molar-refractivity contribution in [2.45, 2.75) is 25.5 Å². The van der Waals surface area contributed by atoms with Crippen LogP contribution in [0, 0.1) is 5.41 Å². The molecule has 1 saturated heterocycles. The van der Waals surface area contributed by atoms with Crippen LogP contribution in [0.25, 0.3) is 0 Å². The molecular weight excluding hydrogens is 262 g/mol. The van der Waals surface area contributed by atoms with Gasteiger partial charge in [0.15, 0.2) is 0 Å². The highest BCUT2D eigenvalue weighted by molar-refractivity contribution is 6.31. The van der Waals surface area contributed by atoms with Crippen LogP contribution in [-0.2, 0) is 11.3 Å². The Labute approximate surface area is 119 Å². The number of amidine groups is 1. The third-order valence-corrected chi connectivity index (χ3v) is 3.70. The fourth-order valence-corrected chi connectivity index (χ4v) is 2.57. The van der Waals surface area contributed by atoms with Gasteiger partial charge in [0, 0.05) is 30.3 Å². The topological polar surface area (TPSA) is 62.3 Å². The summed E-state index contributed by atoms with van der Waals surface area (Å²) >= 11 is 6.22. The predicted octanol–water partition coefficient (Wildman–Crippen LogP) is 2.23. The molecule has 1 aliphatic heterocycles. The first-order chi connectivity index (χ1) is 9.06. The van der Waals surface area contributed by atoms with Gasteiger partial charge in [-0.15, -0.1) is 0 Å². The van der Waals surface area contributed by atoms with Crippen molar-refractivity contribution >= 4 is 17.4 Å². The molecule has 1 aromatic carbocycles. The lowest BCUT2D eigenvalue weighted by Gasteiger charge is -2.21. The molecule has 0 bridgehead atoms. The quantitative estimate of drug-likeness (QED) is 0.643.